The second-order valence-electron chi connectivity index (χ2n) is 8.56. The smallest absolute Gasteiger partial charge is 0.410 e. The van der Waals surface area contributed by atoms with Gasteiger partial charge in [-0.2, -0.15) is 0 Å². The van der Waals surface area contributed by atoms with Crippen molar-refractivity contribution in [3.05, 3.63) is 23.8 Å². The van der Waals surface area contributed by atoms with E-state index in [1.165, 1.54) is 0 Å². The van der Waals surface area contributed by atoms with Crippen LogP contribution in [0, 0.1) is 5.92 Å². The molecule has 2 heterocycles. The summed E-state index contributed by atoms with van der Waals surface area (Å²) >= 11 is 0. The molecule has 0 bridgehead atoms. The average Bonchev–Trinajstić information content (AvgIpc) is 2.70. The van der Waals surface area contributed by atoms with E-state index in [0.29, 0.717) is 39.4 Å². The first-order valence-electron chi connectivity index (χ1n) is 10.4. The maximum atomic E-state index is 13.2. The number of amides is 2. The van der Waals surface area contributed by atoms with E-state index in [-0.39, 0.29) is 17.9 Å². The number of benzene rings is 1. The molecule has 0 N–H and O–H groups in total. The molecule has 0 aromatic heterocycles. The summed E-state index contributed by atoms with van der Waals surface area (Å²) in [5, 5.41) is 0. The monoisotopic (exact) mass is 404 g/mol. The summed E-state index contributed by atoms with van der Waals surface area (Å²) in [6.45, 7) is 10.6. The van der Waals surface area contributed by atoms with Crippen molar-refractivity contribution >= 4 is 12.0 Å². The Morgan fingerprint density at radius 2 is 2.00 bits per heavy atom. The molecular formula is C22H32N2O5. The molecule has 7 heteroatoms. The fraction of sp³-hybridized carbons (Fsp3) is 0.636. The molecule has 1 unspecified atom stereocenters. The van der Waals surface area contributed by atoms with Crippen molar-refractivity contribution in [2.45, 2.75) is 52.7 Å². The number of fused-ring (bicyclic) bond motifs is 1. The highest BCUT2D eigenvalue weighted by atomic mass is 16.6. The number of carbonyl (C=O) groups excluding carboxylic acids is 2. The Kier molecular flexibility index (Phi) is 6.55. The molecule has 29 heavy (non-hydrogen) atoms. The van der Waals surface area contributed by atoms with Crippen molar-refractivity contribution in [3.63, 3.8) is 0 Å². The molecule has 1 fully saturated rings. The number of rotatable bonds is 4. The summed E-state index contributed by atoms with van der Waals surface area (Å²) < 4.78 is 16.9. The number of likely N-dealkylation sites (tertiary alicyclic amines) is 1. The van der Waals surface area contributed by atoms with Crippen LogP contribution in [0.15, 0.2) is 18.2 Å². The van der Waals surface area contributed by atoms with Gasteiger partial charge in [0.15, 0.2) is 11.5 Å². The zero-order valence-corrected chi connectivity index (χ0v) is 17.9. The van der Waals surface area contributed by atoms with Gasteiger partial charge < -0.3 is 24.0 Å². The summed E-state index contributed by atoms with van der Waals surface area (Å²) in [6.07, 6.45) is 1.23. The van der Waals surface area contributed by atoms with Gasteiger partial charge in [-0.1, -0.05) is 12.1 Å². The minimum Gasteiger partial charge on any atom is -0.486 e. The SMILES string of the molecule is CCN(Cc1cccc2c1OCCO2)C(=O)C1CCCN(C(=O)OC(C)(C)C)C1. The third-order valence-corrected chi connectivity index (χ3v) is 5.12. The highest BCUT2D eigenvalue weighted by Crippen LogP contribution is 2.34. The summed E-state index contributed by atoms with van der Waals surface area (Å²) in [5.74, 6) is 1.30. The van der Waals surface area contributed by atoms with Crippen LogP contribution in [0.2, 0.25) is 0 Å². The molecule has 3 rings (SSSR count). The van der Waals surface area contributed by atoms with Crippen molar-refractivity contribution in [1.29, 1.82) is 0 Å². The van der Waals surface area contributed by atoms with Gasteiger partial charge in [0.1, 0.15) is 18.8 Å². The number of nitrogens with zero attached hydrogens (tertiary/aromatic N) is 2. The number of hydrogen-bond donors (Lipinski definition) is 0. The maximum absolute atomic E-state index is 13.2. The van der Waals surface area contributed by atoms with Crippen molar-refractivity contribution in [2.75, 3.05) is 32.8 Å². The first-order chi connectivity index (χ1) is 13.8. The Balaban J connectivity index is 1.67. The summed E-state index contributed by atoms with van der Waals surface area (Å²) in [6, 6.07) is 5.78. The molecule has 0 saturated carbocycles. The maximum Gasteiger partial charge on any atom is 0.410 e. The molecule has 2 aliphatic rings. The van der Waals surface area contributed by atoms with E-state index in [2.05, 4.69) is 0 Å². The second kappa shape index (κ2) is 8.93. The second-order valence-corrected chi connectivity index (χ2v) is 8.56. The van der Waals surface area contributed by atoms with Crippen molar-refractivity contribution in [1.82, 2.24) is 9.80 Å². The molecule has 0 spiro atoms. The van der Waals surface area contributed by atoms with Crippen LogP contribution in [-0.2, 0) is 16.1 Å². The van der Waals surface area contributed by atoms with Crippen LogP contribution in [0.1, 0.15) is 46.1 Å². The lowest BCUT2D eigenvalue weighted by molar-refractivity contribution is -0.137. The normalized spacial score (nSPS) is 18.9. The van der Waals surface area contributed by atoms with E-state index in [1.54, 1.807) is 4.90 Å². The Bertz CT molecular complexity index is 743. The van der Waals surface area contributed by atoms with Gasteiger partial charge in [-0.3, -0.25) is 4.79 Å². The summed E-state index contributed by atoms with van der Waals surface area (Å²) in [7, 11) is 0. The first-order valence-corrected chi connectivity index (χ1v) is 10.4. The fourth-order valence-corrected chi connectivity index (χ4v) is 3.74. The van der Waals surface area contributed by atoms with Gasteiger partial charge in [0.05, 0.1) is 5.92 Å². The Morgan fingerprint density at radius 1 is 1.24 bits per heavy atom. The molecule has 0 aliphatic carbocycles. The molecule has 2 aliphatic heterocycles. The third kappa shape index (κ3) is 5.34. The predicted octanol–water partition coefficient (Wildman–Crippen LogP) is 3.45. The van der Waals surface area contributed by atoms with Crippen LogP contribution in [-0.4, -0.2) is 60.2 Å². The number of hydrogen-bond acceptors (Lipinski definition) is 5. The van der Waals surface area contributed by atoms with E-state index in [4.69, 9.17) is 14.2 Å². The third-order valence-electron chi connectivity index (χ3n) is 5.12. The van der Waals surface area contributed by atoms with Crippen LogP contribution in [0.4, 0.5) is 4.79 Å². The van der Waals surface area contributed by atoms with E-state index in [9.17, 15) is 9.59 Å². The first kappa shape index (κ1) is 21.3. The van der Waals surface area contributed by atoms with Crippen LogP contribution in [0.3, 0.4) is 0 Å². The van der Waals surface area contributed by atoms with Gasteiger partial charge in [0.2, 0.25) is 5.91 Å². The lowest BCUT2D eigenvalue weighted by Gasteiger charge is -2.35. The van der Waals surface area contributed by atoms with Gasteiger partial charge in [0, 0.05) is 31.7 Å². The van der Waals surface area contributed by atoms with Gasteiger partial charge in [-0.25, -0.2) is 4.79 Å². The van der Waals surface area contributed by atoms with Crippen LogP contribution < -0.4 is 9.47 Å². The van der Waals surface area contributed by atoms with Crippen LogP contribution in [0.5, 0.6) is 11.5 Å². The molecule has 160 valence electrons. The topological polar surface area (TPSA) is 68.3 Å². The molecule has 1 aromatic rings. The molecular weight excluding hydrogens is 372 g/mol. The van der Waals surface area contributed by atoms with Crippen molar-refractivity contribution in [3.8, 4) is 11.5 Å². The van der Waals surface area contributed by atoms with Gasteiger partial charge >= 0.3 is 6.09 Å². The predicted molar refractivity (Wildman–Crippen MR) is 109 cm³/mol. The Hall–Kier alpha value is -2.44. The van der Waals surface area contributed by atoms with E-state index in [0.717, 1.165) is 29.9 Å². The highest BCUT2D eigenvalue weighted by molar-refractivity contribution is 5.80. The van der Waals surface area contributed by atoms with Gasteiger partial charge in [-0.15, -0.1) is 0 Å². The quantitative estimate of drug-likeness (QED) is 0.769. The minimum absolute atomic E-state index is 0.0649. The van der Waals surface area contributed by atoms with E-state index >= 15 is 0 Å². The number of ether oxygens (including phenoxy) is 3. The molecule has 7 nitrogen and oxygen atoms in total. The van der Waals surface area contributed by atoms with Crippen molar-refractivity contribution in [2.24, 2.45) is 5.92 Å². The molecule has 1 aromatic carbocycles. The lowest BCUT2D eigenvalue weighted by atomic mass is 9.96. The minimum atomic E-state index is -0.544. The summed E-state index contributed by atoms with van der Waals surface area (Å²) in [5.41, 5.74) is 0.398. The van der Waals surface area contributed by atoms with Gasteiger partial charge in [0.25, 0.3) is 0 Å². The zero-order valence-electron chi connectivity index (χ0n) is 17.9. The summed E-state index contributed by atoms with van der Waals surface area (Å²) in [4.78, 5) is 29.1. The number of carbonyl (C=O) groups is 2. The molecule has 0 radical (unpaired) electrons. The average molecular weight is 405 g/mol. The van der Waals surface area contributed by atoms with Crippen LogP contribution in [0.25, 0.3) is 0 Å². The lowest BCUT2D eigenvalue weighted by Crippen LogP contribution is -2.47. The molecule has 1 saturated heterocycles. The standard InChI is InChI=1S/C22H32N2O5/c1-5-23(14-16-8-6-10-18-19(16)28-13-12-27-18)20(25)17-9-7-11-24(15-17)21(26)29-22(2,3)4/h6,8,10,17H,5,7,9,11-15H2,1-4H3. The fourth-order valence-electron chi connectivity index (χ4n) is 3.74. The number of piperidine rings is 1. The zero-order chi connectivity index (χ0) is 21.0. The van der Waals surface area contributed by atoms with Crippen molar-refractivity contribution < 1.29 is 23.8 Å². The van der Waals surface area contributed by atoms with Gasteiger partial charge in [-0.05, 0) is 46.6 Å². The largest absolute Gasteiger partial charge is 0.486 e. The number of para-hydroxylation sites is 1. The van der Waals surface area contributed by atoms with Crippen LogP contribution >= 0.6 is 0 Å². The highest BCUT2D eigenvalue weighted by Gasteiger charge is 2.33. The van der Waals surface area contributed by atoms with E-state index in [1.807, 2.05) is 50.8 Å². The van der Waals surface area contributed by atoms with E-state index < -0.39 is 5.60 Å². The Morgan fingerprint density at radius 3 is 2.72 bits per heavy atom. The molecule has 1 atom stereocenters. The Labute approximate surface area is 172 Å². The molecule has 2 amide bonds.